The van der Waals surface area contributed by atoms with E-state index in [-0.39, 0.29) is 0 Å². The Morgan fingerprint density at radius 2 is 1.67 bits per heavy atom. The van der Waals surface area contributed by atoms with Gasteiger partial charge in [0.1, 0.15) is 0 Å². The van der Waals surface area contributed by atoms with E-state index in [2.05, 4.69) is 36.6 Å². The predicted octanol–water partition coefficient (Wildman–Crippen LogP) is 5.46. The van der Waals surface area contributed by atoms with E-state index in [1.165, 1.54) is 61.4 Å². The van der Waals surface area contributed by atoms with Gasteiger partial charge in [0, 0.05) is 0 Å². The molecule has 0 spiro atoms. The molecule has 0 aromatic heterocycles. The van der Waals surface area contributed by atoms with Crippen molar-refractivity contribution in [1.82, 2.24) is 0 Å². The lowest BCUT2D eigenvalue weighted by atomic mass is 10.0. The van der Waals surface area contributed by atoms with Crippen molar-refractivity contribution in [2.45, 2.75) is 65.7 Å². The van der Waals surface area contributed by atoms with Crippen LogP contribution in [0.1, 0.15) is 65.7 Å². The van der Waals surface area contributed by atoms with Crippen LogP contribution in [0.25, 0.3) is 0 Å². The molecule has 0 heterocycles. The standard InChI is InChI=1S/C14H27P/c1-5-7-8-9-11-14(15)13(10-6-2)12(3)4/h3,5-11,15H2,1-2,4H3/b14-13-. The summed E-state index contributed by atoms with van der Waals surface area (Å²) in [5, 5.41) is 1.49. The van der Waals surface area contributed by atoms with E-state index in [0.29, 0.717) is 0 Å². The zero-order valence-electron chi connectivity index (χ0n) is 10.7. The van der Waals surface area contributed by atoms with Crippen LogP contribution in [0, 0.1) is 0 Å². The van der Waals surface area contributed by atoms with Gasteiger partial charge in [0.2, 0.25) is 0 Å². The minimum Gasteiger partial charge on any atom is -0.110 e. The molecule has 0 amide bonds. The largest absolute Gasteiger partial charge is 0.110 e. The normalized spacial score (nSPS) is 12.5. The highest BCUT2D eigenvalue weighted by atomic mass is 31.0. The van der Waals surface area contributed by atoms with Gasteiger partial charge in [-0.3, -0.25) is 0 Å². The fraction of sp³-hybridized carbons (Fsp3) is 0.714. The molecule has 1 heteroatoms. The lowest BCUT2D eigenvalue weighted by molar-refractivity contribution is 0.669. The molecule has 0 nitrogen and oxygen atoms in total. The first-order valence-electron chi connectivity index (χ1n) is 6.26. The van der Waals surface area contributed by atoms with Crippen molar-refractivity contribution in [3.63, 3.8) is 0 Å². The summed E-state index contributed by atoms with van der Waals surface area (Å²) in [6.45, 7) is 10.7. The Balaban J connectivity index is 4.12. The van der Waals surface area contributed by atoms with Crippen LogP contribution in [0.5, 0.6) is 0 Å². The van der Waals surface area contributed by atoms with Gasteiger partial charge in [0.25, 0.3) is 0 Å². The molecule has 1 unspecified atom stereocenters. The number of hydrogen-bond acceptors (Lipinski definition) is 0. The zero-order valence-corrected chi connectivity index (χ0v) is 11.9. The minimum atomic E-state index is 1.18. The van der Waals surface area contributed by atoms with Crippen molar-refractivity contribution >= 4 is 9.24 Å². The van der Waals surface area contributed by atoms with Crippen molar-refractivity contribution < 1.29 is 0 Å². The molecule has 0 N–H and O–H groups in total. The van der Waals surface area contributed by atoms with Crippen molar-refractivity contribution in [3.05, 3.63) is 23.0 Å². The third-order valence-electron chi connectivity index (χ3n) is 2.70. The van der Waals surface area contributed by atoms with Gasteiger partial charge in [0.15, 0.2) is 0 Å². The van der Waals surface area contributed by atoms with Crippen LogP contribution in [-0.2, 0) is 0 Å². The van der Waals surface area contributed by atoms with Gasteiger partial charge in [0.05, 0.1) is 0 Å². The summed E-state index contributed by atoms with van der Waals surface area (Å²) >= 11 is 0. The highest BCUT2D eigenvalue weighted by molar-refractivity contribution is 7.22. The van der Waals surface area contributed by atoms with Gasteiger partial charge in [-0.05, 0) is 37.1 Å². The van der Waals surface area contributed by atoms with Crippen LogP contribution >= 0.6 is 9.24 Å². The molecule has 0 aromatic rings. The molecule has 0 aromatic carbocycles. The summed E-state index contributed by atoms with van der Waals surface area (Å²) in [4.78, 5) is 0. The fourth-order valence-corrected chi connectivity index (χ4v) is 2.39. The molecule has 0 radical (unpaired) electrons. The molecule has 88 valence electrons. The second-order valence-corrected chi connectivity index (χ2v) is 5.04. The minimum absolute atomic E-state index is 1.18. The first kappa shape index (κ1) is 14.9. The molecule has 0 saturated carbocycles. The Morgan fingerprint density at radius 3 is 2.13 bits per heavy atom. The third-order valence-corrected chi connectivity index (χ3v) is 3.34. The van der Waals surface area contributed by atoms with Crippen LogP contribution in [0.2, 0.25) is 0 Å². The Bertz CT molecular complexity index is 213. The summed E-state index contributed by atoms with van der Waals surface area (Å²) in [5.74, 6) is 0. The van der Waals surface area contributed by atoms with E-state index >= 15 is 0 Å². The maximum atomic E-state index is 4.07. The third kappa shape index (κ3) is 6.90. The Labute approximate surface area is 98.4 Å². The van der Waals surface area contributed by atoms with Crippen molar-refractivity contribution in [2.75, 3.05) is 0 Å². The van der Waals surface area contributed by atoms with Crippen LogP contribution in [0.3, 0.4) is 0 Å². The van der Waals surface area contributed by atoms with E-state index in [9.17, 15) is 0 Å². The second-order valence-electron chi connectivity index (χ2n) is 4.34. The molecular formula is C14H27P. The van der Waals surface area contributed by atoms with Gasteiger partial charge in [-0.15, -0.1) is 9.24 Å². The van der Waals surface area contributed by atoms with E-state index in [4.69, 9.17) is 0 Å². The van der Waals surface area contributed by atoms with E-state index in [1.54, 1.807) is 0 Å². The first-order valence-corrected chi connectivity index (χ1v) is 6.84. The molecule has 0 fully saturated rings. The van der Waals surface area contributed by atoms with E-state index < -0.39 is 0 Å². The summed E-state index contributed by atoms with van der Waals surface area (Å²) in [5.41, 5.74) is 2.73. The quantitative estimate of drug-likeness (QED) is 0.293. The van der Waals surface area contributed by atoms with Crippen molar-refractivity contribution in [3.8, 4) is 0 Å². The Morgan fingerprint density at radius 1 is 1.00 bits per heavy atom. The maximum absolute atomic E-state index is 4.07. The first-order chi connectivity index (χ1) is 7.13. The molecular weight excluding hydrogens is 199 g/mol. The van der Waals surface area contributed by atoms with Crippen LogP contribution in [0.4, 0.5) is 0 Å². The maximum Gasteiger partial charge on any atom is -0.0276 e. The van der Waals surface area contributed by atoms with Crippen molar-refractivity contribution in [1.29, 1.82) is 0 Å². The molecule has 0 aliphatic heterocycles. The predicted molar refractivity (Wildman–Crippen MR) is 75.2 cm³/mol. The summed E-state index contributed by atoms with van der Waals surface area (Å²) in [6, 6.07) is 0. The molecule has 0 bridgehead atoms. The molecule has 1 atom stereocenters. The van der Waals surface area contributed by atoms with Gasteiger partial charge in [-0.2, -0.15) is 0 Å². The van der Waals surface area contributed by atoms with Gasteiger partial charge < -0.3 is 0 Å². The van der Waals surface area contributed by atoms with E-state index in [0.717, 1.165) is 0 Å². The lowest BCUT2D eigenvalue weighted by Gasteiger charge is -2.11. The molecule has 0 aliphatic carbocycles. The van der Waals surface area contributed by atoms with E-state index in [1.807, 2.05) is 0 Å². The molecule has 15 heavy (non-hydrogen) atoms. The summed E-state index contributed by atoms with van der Waals surface area (Å²) in [7, 11) is 2.92. The number of unbranched alkanes of at least 4 members (excludes halogenated alkanes) is 3. The van der Waals surface area contributed by atoms with Crippen LogP contribution in [0.15, 0.2) is 23.0 Å². The summed E-state index contributed by atoms with van der Waals surface area (Å²) in [6.07, 6.45) is 9.01. The monoisotopic (exact) mass is 226 g/mol. The number of hydrogen-bond donors (Lipinski definition) is 0. The Kier molecular flexibility index (Phi) is 9.10. The Hall–Kier alpha value is -0.0900. The van der Waals surface area contributed by atoms with Gasteiger partial charge >= 0.3 is 0 Å². The molecule has 0 rings (SSSR count). The topological polar surface area (TPSA) is 0 Å². The number of allylic oxidation sites excluding steroid dienone is 3. The van der Waals surface area contributed by atoms with Crippen molar-refractivity contribution in [2.24, 2.45) is 0 Å². The van der Waals surface area contributed by atoms with Crippen LogP contribution < -0.4 is 0 Å². The smallest absolute Gasteiger partial charge is 0.0276 e. The average Bonchev–Trinajstić information content (AvgIpc) is 2.20. The van der Waals surface area contributed by atoms with Gasteiger partial charge in [-0.1, -0.05) is 51.7 Å². The second kappa shape index (κ2) is 9.16. The van der Waals surface area contributed by atoms with Gasteiger partial charge in [-0.25, -0.2) is 0 Å². The highest BCUT2D eigenvalue weighted by Crippen LogP contribution is 2.27. The zero-order chi connectivity index (χ0) is 11.7. The fourth-order valence-electron chi connectivity index (χ4n) is 1.79. The lowest BCUT2D eigenvalue weighted by Crippen LogP contribution is -1.89. The van der Waals surface area contributed by atoms with Crippen LogP contribution in [-0.4, -0.2) is 0 Å². The number of rotatable bonds is 8. The average molecular weight is 226 g/mol. The highest BCUT2D eigenvalue weighted by Gasteiger charge is 2.02. The summed E-state index contributed by atoms with van der Waals surface area (Å²) < 4.78 is 0. The molecule has 0 saturated heterocycles. The molecule has 0 aliphatic rings. The SMILES string of the molecule is C=C(C)/C(CCC)=C(\P)CCCCCC.